The van der Waals surface area contributed by atoms with Gasteiger partial charge in [-0.3, -0.25) is 4.79 Å². The van der Waals surface area contributed by atoms with Gasteiger partial charge in [-0.2, -0.15) is 0 Å². The fourth-order valence-corrected chi connectivity index (χ4v) is 2.94. The lowest BCUT2D eigenvalue weighted by molar-refractivity contribution is 0.104. The average molecular weight is 382 g/mol. The fourth-order valence-electron chi connectivity index (χ4n) is 2.94. The maximum absolute atomic E-state index is 12.8. The molecule has 6 nitrogen and oxygen atoms in total. The molecule has 0 fully saturated rings. The Kier molecular flexibility index (Phi) is 5.05. The SMILES string of the molecule is COc1cc(/C=C/C(=O)c2c(OC)cc3c(c2O)C=CC(C)(C)O3)ccc1O. The third-order valence-corrected chi connectivity index (χ3v) is 4.39. The summed E-state index contributed by atoms with van der Waals surface area (Å²) in [5, 5.41) is 20.3. The van der Waals surface area contributed by atoms with E-state index in [1.807, 2.05) is 19.9 Å². The Morgan fingerprint density at radius 2 is 1.82 bits per heavy atom. The van der Waals surface area contributed by atoms with Gasteiger partial charge in [-0.1, -0.05) is 12.1 Å². The van der Waals surface area contributed by atoms with Gasteiger partial charge in [0.2, 0.25) is 0 Å². The topological polar surface area (TPSA) is 85.2 Å². The minimum absolute atomic E-state index is 0.00897. The highest BCUT2D eigenvalue weighted by Gasteiger charge is 2.28. The van der Waals surface area contributed by atoms with Crippen LogP contribution in [0.1, 0.15) is 35.3 Å². The van der Waals surface area contributed by atoms with E-state index in [0.717, 1.165) is 0 Å². The van der Waals surface area contributed by atoms with Crippen molar-refractivity contribution in [2.45, 2.75) is 19.4 Å². The van der Waals surface area contributed by atoms with Crippen molar-refractivity contribution in [3.8, 4) is 28.7 Å². The molecule has 0 bridgehead atoms. The van der Waals surface area contributed by atoms with Crippen LogP contribution >= 0.6 is 0 Å². The molecule has 2 aromatic rings. The first-order valence-electron chi connectivity index (χ1n) is 8.67. The second kappa shape index (κ2) is 7.31. The molecular weight excluding hydrogens is 360 g/mol. The summed E-state index contributed by atoms with van der Waals surface area (Å²) in [6.45, 7) is 3.79. The number of rotatable bonds is 5. The second-order valence-corrected chi connectivity index (χ2v) is 6.88. The molecule has 2 aromatic carbocycles. The number of benzene rings is 2. The van der Waals surface area contributed by atoms with Crippen LogP contribution in [-0.2, 0) is 0 Å². The minimum Gasteiger partial charge on any atom is -0.506 e. The van der Waals surface area contributed by atoms with E-state index in [1.54, 1.807) is 30.4 Å². The first-order valence-corrected chi connectivity index (χ1v) is 8.67. The van der Waals surface area contributed by atoms with Crippen LogP contribution in [-0.4, -0.2) is 35.8 Å². The molecule has 0 aromatic heterocycles. The molecule has 0 spiro atoms. The molecule has 1 heterocycles. The van der Waals surface area contributed by atoms with Crippen LogP contribution in [0.3, 0.4) is 0 Å². The molecule has 0 unspecified atom stereocenters. The number of carbonyl (C=O) groups excluding carboxylic acids is 1. The van der Waals surface area contributed by atoms with Crippen LogP contribution in [0.5, 0.6) is 28.7 Å². The third-order valence-electron chi connectivity index (χ3n) is 4.39. The Labute approximate surface area is 163 Å². The van der Waals surface area contributed by atoms with E-state index in [1.165, 1.54) is 26.4 Å². The molecule has 0 radical (unpaired) electrons. The molecule has 2 N–H and O–H groups in total. The lowest BCUT2D eigenvalue weighted by atomic mass is 9.97. The molecule has 3 rings (SSSR count). The number of carbonyl (C=O) groups is 1. The van der Waals surface area contributed by atoms with Crippen LogP contribution in [0, 0.1) is 0 Å². The molecule has 0 saturated carbocycles. The Morgan fingerprint density at radius 1 is 1.11 bits per heavy atom. The number of ether oxygens (including phenoxy) is 3. The Hall–Kier alpha value is -3.41. The number of allylic oxidation sites excluding steroid dienone is 1. The summed E-state index contributed by atoms with van der Waals surface area (Å²) >= 11 is 0. The number of phenols is 2. The zero-order valence-electron chi connectivity index (χ0n) is 16.1. The predicted molar refractivity (Wildman–Crippen MR) is 106 cm³/mol. The van der Waals surface area contributed by atoms with Crippen LogP contribution in [0.2, 0.25) is 0 Å². The largest absolute Gasteiger partial charge is 0.506 e. The van der Waals surface area contributed by atoms with Crippen molar-refractivity contribution in [3.63, 3.8) is 0 Å². The molecule has 1 aliphatic heterocycles. The number of hydrogen-bond acceptors (Lipinski definition) is 6. The highest BCUT2D eigenvalue weighted by atomic mass is 16.5. The highest BCUT2D eigenvalue weighted by molar-refractivity contribution is 6.11. The smallest absolute Gasteiger partial charge is 0.193 e. The maximum Gasteiger partial charge on any atom is 0.193 e. The molecule has 0 saturated heterocycles. The molecule has 146 valence electrons. The number of hydrogen-bond donors (Lipinski definition) is 2. The normalized spacial score (nSPS) is 14.4. The standard InChI is InChI=1S/C22H22O6/c1-22(2)10-9-14-17(28-22)12-19(27-4)20(21(14)25)16(24)8-6-13-5-7-15(23)18(11-13)26-3/h5-12,23,25H,1-4H3/b8-6+. The molecular formula is C22H22O6. The van der Waals surface area contributed by atoms with Crippen LogP contribution in [0.4, 0.5) is 0 Å². The summed E-state index contributed by atoms with van der Waals surface area (Å²) in [6, 6.07) is 6.32. The number of phenolic OH excluding ortho intramolecular Hbond substituents is 2. The summed E-state index contributed by atoms with van der Waals surface area (Å²) in [7, 11) is 2.87. The van der Waals surface area contributed by atoms with Crippen LogP contribution in [0.15, 0.2) is 36.4 Å². The zero-order chi connectivity index (χ0) is 20.5. The van der Waals surface area contributed by atoms with Crippen molar-refractivity contribution in [1.82, 2.24) is 0 Å². The third kappa shape index (κ3) is 3.67. The van der Waals surface area contributed by atoms with E-state index < -0.39 is 11.4 Å². The van der Waals surface area contributed by atoms with Crippen molar-refractivity contribution < 1.29 is 29.2 Å². The van der Waals surface area contributed by atoms with Gasteiger partial charge >= 0.3 is 0 Å². The summed E-state index contributed by atoms with van der Waals surface area (Å²) < 4.78 is 16.2. The summed E-state index contributed by atoms with van der Waals surface area (Å²) in [4.78, 5) is 12.8. The lowest BCUT2D eigenvalue weighted by Crippen LogP contribution is -2.27. The van der Waals surface area contributed by atoms with E-state index in [2.05, 4.69) is 0 Å². The van der Waals surface area contributed by atoms with Gasteiger partial charge in [-0.05, 0) is 49.8 Å². The van der Waals surface area contributed by atoms with E-state index in [4.69, 9.17) is 14.2 Å². The van der Waals surface area contributed by atoms with E-state index in [9.17, 15) is 15.0 Å². The van der Waals surface area contributed by atoms with Gasteiger partial charge in [0.15, 0.2) is 17.3 Å². The van der Waals surface area contributed by atoms with Gasteiger partial charge < -0.3 is 24.4 Å². The maximum atomic E-state index is 12.8. The number of methoxy groups -OCH3 is 2. The number of aromatic hydroxyl groups is 2. The van der Waals surface area contributed by atoms with Gasteiger partial charge in [-0.25, -0.2) is 0 Å². The Morgan fingerprint density at radius 3 is 2.50 bits per heavy atom. The zero-order valence-corrected chi connectivity index (χ0v) is 16.1. The molecule has 0 atom stereocenters. The van der Waals surface area contributed by atoms with E-state index in [-0.39, 0.29) is 22.8 Å². The van der Waals surface area contributed by atoms with Crippen molar-refractivity contribution in [2.24, 2.45) is 0 Å². The first kappa shape index (κ1) is 19.4. The van der Waals surface area contributed by atoms with Crippen molar-refractivity contribution in [2.75, 3.05) is 14.2 Å². The molecule has 0 amide bonds. The van der Waals surface area contributed by atoms with Crippen LogP contribution in [0.25, 0.3) is 12.2 Å². The summed E-state index contributed by atoms with van der Waals surface area (Å²) in [5.74, 6) is 0.357. The molecule has 1 aliphatic rings. The summed E-state index contributed by atoms with van der Waals surface area (Å²) in [6.07, 6.45) is 6.44. The van der Waals surface area contributed by atoms with E-state index in [0.29, 0.717) is 22.6 Å². The predicted octanol–water partition coefficient (Wildman–Crippen LogP) is 4.20. The minimum atomic E-state index is -0.520. The van der Waals surface area contributed by atoms with E-state index >= 15 is 0 Å². The van der Waals surface area contributed by atoms with Gasteiger partial charge in [0.05, 0.1) is 19.8 Å². The molecule has 28 heavy (non-hydrogen) atoms. The molecule has 6 heteroatoms. The van der Waals surface area contributed by atoms with Crippen molar-refractivity contribution in [3.05, 3.63) is 53.1 Å². The Balaban J connectivity index is 1.98. The van der Waals surface area contributed by atoms with Crippen molar-refractivity contribution in [1.29, 1.82) is 0 Å². The monoisotopic (exact) mass is 382 g/mol. The van der Waals surface area contributed by atoms with Crippen molar-refractivity contribution >= 4 is 17.9 Å². The highest BCUT2D eigenvalue weighted by Crippen LogP contribution is 2.43. The van der Waals surface area contributed by atoms with Gasteiger partial charge in [0.1, 0.15) is 28.4 Å². The lowest BCUT2D eigenvalue weighted by Gasteiger charge is -2.29. The second-order valence-electron chi connectivity index (χ2n) is 6.88. The average Bonchev–Trinajstić information content (AvgIpc) is 2.65. The number of ketones is 1. The van der Waals surface area contributed by atoms with Crippen LogP contribution < -0.4 is 14.2 Å². The first-order chi connectivity index (χ1) is 13.3. The number of fused-ring (bicyclic) bond motifs is 1. The van der Waals surface area contributed by atoms with Gasteiger partial charge in [-0.15, -0.1) is 0 Å². The fraction of sp³-hybridized carbons (Fsp3) is 0.227. The Bertz CT molecular complexity index is 985. The quantitative estimate of drug-likeness (QED) is 0.596. The van der Waals surface area contributed by atoms with Gasteiger partial charge in [0.25, 0.3) is 0 Å². The summed E-state index contributed by atoms with van der Waals surface area (Å²) in [5.41, 5.74) is 0.622. The van der Waals surface area contributed by atoms with Gasteiger partial charge in [0, 0.05) is 6.07 Å². The molecule has 0 aliphatic carbocycles.